The van der Waals surface area contributed by atoms with E-state index in [-0.39, 0.29) is 24.4 Å². The van der Waals surface area contributed by atoms with Crippen molar-refractivity contribution in [3.05, 3.63) is 59.9 Å². The molecule has 1 heterocycles. The maximum Gasteiger partial charge on any atom is 0.254 e. The zero-order valence-electron chi connectivity index (χ0n) is 15.2. The van der Waals surface area contributed by atoms with E-state index in [2.05, 4.69) is 10.6 Å². The van der Waals surface area contributed by atoms with Gasteiger partial charge < -0.3 is 14.4 Å². The van der Waals surface area contributed by atoms with Crippen molar-refractivity contribution in [1.29, 1.82) is 0 Å². The number of carbonyl (C=O) groups is 2. The molecule has 2 amide bonds. The Kier molecular flexibility index (Phi) is 4.53. The maximum absolute atomic E-state index is 13.1. The Balaban J connectivity index is 1.48. The number of carbonyl (C=O) groups excluding carboxylic acids is 2. The maximum atomic E-state index is 13.1. The lowest BCUT2D eigenvalue weighted by Gasteiger charge is -2.28. The molecule has 0 spiro atoms. The molecule has 2 aliphatic carbocycles. The largest absolute Gasteiger partial charge is 0.353 e. The molecular formula is C21H25N3O2. The summed E-state index contributed by atoms with van der Waals surface area (Å²) in [5, 5.41) is 0. The Labute approximate surface area is 154 Å². The molecule has 0 radical (unpaired) electrons. The van der Waals surface area contributed by atoms with E-state index < -0.39 is 0 Å². The molecular weight excluding hydrogens is 326 g/mol. The lowest BCUT2D eigenvalue weighted by molar-refractivity contribution is -0.133. The molecule has 0 N–H and O–H groups in total. The minimum Gasteiger partial charge on any atom is -0.353 e. The van der Waals surface area contributed by atoms with Gasteiger partial charge in [0, 0.05) is 36.6 Å². The zero-order chi connectivity index (χ0) is 18.1. The van der Waals surface area contributed by atoms with E-state index in [0.29, 0.717) is 18.2 Å². The van der Waals surface area contributed by atoms with Gasteiger partial charge in [0.15, 0.2) is 0 Å². The van der Waals surface area contributed by atoms with E-state index >= 15 is 0 Å². The molecule has 0 bridgehead atoms. The SMILES string of the molecule is Cn1cccc1CN(C(=O)CN(C(=O)c1ccccc1)C1CC1)C1CC1. The van der Waals surface area contributed by atoms with Gasteiger partial charge >= 0.3 is 0 Å². The molecule has 0 aliphatic heterocycles. The number of nitrogens with zero attached hydrogens (tertiary/aromatic N) is 3. The van der Waals surface area contributed by atoms with Crippen LogP contribution < -0.4 is 0 Å². The fraction of sp³-hybridized carbons (Fsp3) is 0.429. The summed E-state index contributed by atoms with van der Waals surface area (Å²) in [6.07, 6.45) is 6.11. The number of benzene rings is 1. The second-order valence-electron chi connectivity index (χ2n) is 7.39. The average molecular weight is 351 g/mol. The second-order valence-corrected chi connectivity index (χ2v) is 7.39. The van der Waals surface area contributed by atoms with E-state index in [4.69, 9.17) is 0 Å². The number of aryl methyl sites for hydroxylation is 1. The van der Waals surface area contributed by atoms with Crippen molar-refractivity contribution in [2.24, 2.45) is 7.05 Å². The molecule has 4 rings (SSSR count). The van der Waals surface area contributed by atoms with E-state index in [0.717, 1.165) is 31.4 Å². The molecule has 0 atom stereocenters. The molecule has 2 aliphatic rings. The first kappa shape index (κ1) is 16.9. The monoisotopic (exact) mass is 351 g/mol. The van der Waals surface area contributed by atoms with Gasteiger partial charge in [0.1, 0.15) is 6.54 Å². The van der Waals surface area contributed by atoms with Crippen LogP contribution in [0.3, 0.4) is 0 Å². The van der Waals surface area contributed by atoms with Crippen LogP contribution in [0.2, 0.25) is 0 Å². The third-order valence-electron chi connectivity index (χ3n) is 5.27. The second kappa shape index (κ2) is 6.98. The van der Waals surface area contributed by atoms with Crippen molar-refractivity contribution < 1.29 is 9.59 Å². The third kappa shape index (κ3) is 3.66. The number of aromatic nitrogens is 1. The normalized spacial score (nSPS) is 16.3. The molecule has 136 valence electrons. The minimum atomic E-state index is -0.0314. The van der Waals surface area contributed by atoms with Crippen LogP contribution in [-0.4, -0.2) is 44.8 Å². The van der Waals surface area contributed by atoms with Crippen LogP contribution in [0.25, 0.3) is 0 Å². The van der Waals surface area contributed by atoms with Crippen LogP contribution in [0, 0.1) is 0 Å². The smallest absolute Gasteiger partial charge is 0.254 e. The van der Waals surface area contributed by atoms with Crippen molar-refractivity contribution in [2.75, 3.05) is 6.54 Å². The van der Waals surface area contributed by atoms with Gasteiger partial charge in [0.05, 0.1) is 6.54 Å². The van der Waals surface area contributed by atoms with Crippen molar-refractivity contribution in [2.45, 2.75) is 44.3 Å². The number of rotatable bonds is 7. The number of hydrogen-bond donors (Lipinski definition) is 0. The summed E-state index contributed by atoms with van der Waals surface area (Å²) in [6.45, 7) is 0.796. The highest BCUT2D eigenvalue weighted by Gasteiger charge is 2.38. The zero-order valence-corrected chi connectivity index (χ0v) is 15.2. The Morgan fingerprint density at radius 1 is 0.962 bits per heavy atom. The highest BCUT2D eigenvalue weighted by molar-refractivity contribution is 5.97. The van der Waals surface area contributed by atoms with Gasteiger partial charge in [-0.3, -0.25) is 9.59 Å². The van der Waals surface area contributed by atoms with Gasteiger partial charge in [-0.05, 0) is 49.9 Å². The standard InChI is InChI=1S/C21H25N3O2/c1-22-13-5-8-19(22)14-23(17-9-10-17)20(25)15-24(18-11-12-18)21(26)16-6-3-2-4-7-16/h2-8,13,17-18H,9-12,14-15H2,1H3. The Bertz CT molecular complexity index is 791. The average Bonchev–Trinajstić information content (AvgIpc) is 3.57. The van der Waals surface area contributed by atoms with Crippen LogP contribution in [0.1, 0.15) is 41.7 Å². The first-order valence-electron chi connectivity index (χ1n) is 9.39. The lowest BCUT2D eigenvalue weighted by atomic mass is 10.2. The van der Waals surface area contributed by atoms with E-state index in [1.165, 1.54) is 0 Å². The summed E-state index contributed by atoms with van der Waals surface area (Å²) in [5.41, 5.74) is 1.78. The third-order valence-corrected chi connectivity index (χ3v) is 5.27. The quantitative estimate of drug-likeness (QED) is 0.770. The fourth-order valence-corrected chi connectivity index (χ4v) is 3.38. The molecule has 0 saturated heterocycles. The predicted octanol–water partition coefficient (Wildman–Crippen LogP) is 2.82. The van der Waals surface area contributed by atoms with Crippen LogP contribution in [-0.2, 0) is 18.4 Å². The van der Waals surface area contributed by atoms with Crippen LogP contribution in [0.15, 0.2) is 48.7 Å². The fourth-order valence-electron chi connectivity index (χ4n) is 3.38. The Hall–Kier alpha value is -2.56. The van der Waals surface area contributed by atoms with Crippen molar-refractivity contribution in [3.63, 3.8) is 0 Å². The summed E-state index contributed by atoms with van der Waals surface area (Å²) < 4.78 is 2.05. The summed E-state index contributed by atoms with van der Waals surface area (Å²) in [7, 11) is 2.00. The van der Waals surface area contributed by atoms with Crippen molar-refractivity contribution in [1.82, 2.24) is 14.4 Å². The van der Waals surface area contributed by atoms with Gasteiger partial charge in [-0.2, -0.15) is 0 Å². The molecule has 2 saturated carbocycles. The number of hydrogen-bond acceptors (Lipinski definition) is 2. The van der Waals surface area contributed by atoms with E-state index in [1.807, 2.05) is 54.5 Å². The van der Waals surface area contributed by atoms with Crippen molar-refractivity contribution >= 4 is 11.8 Å². The van der Waals surface area contributed by atoms with Crippen LogP contribution >= 0.6 is 0 Å². The summed E-state index contributed by atoms with van der Waals surface area (Å²) in [6, 6.07) is 13.9. The Morgan fingerprint density at radius 3 is 2.19 bits per heavy atom. The molecule has 26 heavy (non-hydrogen) atoms. The summed E-state index contributed by atoms with van der Waals surface area (Å²) >= 11 is 0. The molecule has 5 heteroatoms. The topological polar surface area (TPSA) is 45.6 Å². The molecule has 1 aromatic heterocycles. The van der Waals surface area contributed by atoms with Gasteiger partial charge in [0.25, 0.3) is 5.91 Å². The van der Waals surface area contributed by atoms with Gasteiger partial charge in [0.2, 0.25) is 5.91 Å². The van der Waals surface area contributed by atoms with Gasteiger partial charge in [-0.1, -0.05) is 18.2 Å². The highest BCUT2D eigenvalue weighted by Crippen LogP contribution is 2.31. The van der Waals surface area contributed by atoms with E-state index in [1.54, 1.807) is 4.90 Å². The first-order chi connectivity index (χ1) is 12.6. The predicted molar refractivity (Wildman–Crippen MR) is 99.5 cm³/mol. The summed E-state index contributed by atoms with van der Waals surface area (Å²) in [5.74, 6) is 0.0287. The van der Waals surface area contributed by atoms with Crippen molar-refractivity contribution in [3.8, 4) is 0 Å². The minimum absolute atomic E-state index is 0.0314. The summed E-state index contributed by atoms with van der Waals surface area (Å²) in [4.78, 5) is 29.7. The van der Waals surface area contributed by atoms with Gasteiger partial charge in [-0.15, -0.1) is 0 Å². The molecule has 5 nitrogen and oxygen atoms in total. The van der Waals surface area contributed by atoms with Crippen LogP contribution in [0.4, 0.5) is 0 Å². The number of amides is 2. The molecule has 2 aromatic rings. The van der Waals surface area contributed by atoms with Crippen LogP contribution in [0.5, 0.6) is 0 Å². The molecule has 2 fully saturated rings. The highest BCUT2D eigenvalue weighted by atomic mass is 16.2. The van der Waals surface area contributed by atoms with Gasteiger partial charge in [-0.25, -0.2) is 0 Å². The first-order valence-corrected chi connectivity index (χ1v) is 9.39. The molecule has 1 aromatic carbocycles. The Morgan fingerprint density at radius 2 is 1.62 bits per heavy atom. The lowest BCUT2D eigenvalue weighted by Crippen LogP contribution is -2.44. The van der Waals surface area contributed by atoms with E-state index in [9.17, 15) is 9.59 Å². The molecule has 0 unspecified atom stereocenters.